The fourth-order valence-electron chi connectivity index (χ4n) is 3.37. The quantitative estimate of drug-likeness (QED) is 0.780. The second kappa shape index (κ2) is 8.97. The Labute approximate surface area is 157 Å². The molecule has 2 rings (SSSR count). The average Bonchev–Trinajstić information content (AvgIpc) is 2.61. The van der Waals surface area contributed by atoms with E-state index in [2.05, 4.69) is 41.4 Å². The summed E-state index contributed by atoms with van der Waals surface area (Å²) in [5.41, 5.74) is 2.48. The maximum atomic E-state index is 12.5. The van der Waals surface area contributed by atoms with Crippen LogP contribution in [0.4, 0.5) is 0 Å². The maximum Gasteiger partial charge on any atom is 0.223 e. The van der Waals surface area contributed by atoms with E-state index in [-0.39, 0.29) is 17.9 Å². The van der Waals surface area contributed by atoms with Gasteiger partial charge in [0.05, 0.1) is 12.3 Å². The Morgan fingerprint density at radius 1 is 1.23 bits per heavy atom. The fraction of sp³-hybridized carbons (Fsp3) is 0.632. The van der Waals surface area contributed by atoms with E-state index in [1.807, 2.05) is 14.1 Å². The number of hydrogen-bond acceptors (Lipinski definition) is 4. The van der Waals surface area contributed by atoms with Gasteiger partial charge in [0.1, 0.15) is 0 Å². The predicted octanol–water partition coefficient (Wildman–Crippen LogP) is 1.64. The van der Waals surface area contributed by atoms with Crippen LogP contribution in [0.2, 0.25) is 0 Å². The van der Waals surface area contributed by atoms with Crippen LogP contribution < -0.4 is 5.32 Å². The Morgan fingerprint density at radius 3 is 2.27 bits per heavy atom. The summed E-state index contributed by atoms with van der Waals surface area (Å²) < 4.78 is 24.6. The van der Waals surface area contributed by atoms with Crippen molar-refractivity contribution in [3.05, 3.63) is 35.4 Å². The summed E-state index contributed by atoms with van der Waals surface area (Å²) in [6.07, 6.45) is 3.39. The third-order valence-electron chi connectivity index (χ3n) is 5.16. The predicted molar refractivity (Wildman–Crippen MR) is 104 cm³/mol. The van der Waals surface area contributed by atoms with Gasteiger partial charge in [-0.15, -0.1) is 0 Å². The van der Waals surface area contributed by atoms with E-state index in [1.54, 1.807) is 0 Å². The van der Waals surface area contributed by atoms with Crippen LogP contribution in [-0.4, -0.2) is 63.5 Å². The topological polar surface area (TPSA) is 69.7 Å². The minimum Gasteiger partial charge on any atom is -0.354 e. The SMILES string of the molecule is CCc1ccc([C@@H](CNC(=O)C2CCN(S(C)(=O)=O)CC2)N(C)C)cc1. The van der Waals surface area contributed by atoms with E-state index >= 15 is 0 Å². The van der Waals surface area contributed by atoms with Crippen molar-refractivity contribution in [3.8, 4) is 0 Å². The van der Waals surface area contributed by atoms with E-state index in [9.17, 15) is 13.2 Å². The summed E-state index contributed by atoms with van der Waals surface area (Å²) in [4.78, 5) is 14.6. The lowest BCUT2D eigenvalue weighted by Gasteiger charge is -2.30. The number of nitrogens with one attached hydrogen (secondary N) is 1. The molecule has 1 aromatic carbocycles. The van der Waals surface area contributed by atoms with Crippen molar-refractivity contribution in [3.63, 3.8) is 0 Å². The van der Waals surface area contributed by atoms with Gasteiger partial charge >= 0.3 is 0 Å². The molecule has 26 heavy (non-hydrogen) atoms. The van der Waals surface area contributed by atoms with Crippen molar-refractivity contribution >= 4 is 15.9 Å². The van der Waals surface area contributed by atoms with Gasteiger partial charge in [-0.2, -0.15) is 0 Å². The summed E-state index contributed by atoms with van der Waals surface area (Å²) >= 11 is 0. The molecule has 1 heterocycles. The van der Waals surface area contributed by atoms with Crippen molar-refractivity contribution < 1.29 is 13.2 Å². The largest absolute Gasteiger partial charge is 0.354 e. The molecular weight excluding hydrogens is 350 g/mol. The standard InChI is InChI=1S/C19H31N3O3S/c1-5-15-6-8-16(9-7-15)18(21(2)3)14-20-19(23)17-10-12-22(13-11-17)26(4,24)25/h6-9,17-18H,5,10-14H2,1-4H3,(H,20,23)/t18-/m1/s1. The first-order valence-electron chi connectivity index (χ1n) is 9.20. The van der Waals surface area contributed by atoms with Gasteiger partial charge in [0.25, 0.3) is 0 Å². The molecule has 1 amide bonds. The number of amides is 1. The van der Waals surface area contributed by atoms with E-state index in [0.717, 1.165) is 6.42 Å². The minimum absolute atomic E-state index is 0.0233. The molecule has 0 unspecified atom stereocenters. The molecule has 146 valence electrons. The number of carbonyl (C=O) groups excluding carboxylic acids is 1. The lowest BCUT2D eigenvalue weighted by atomic mass is 9.96. The van der Waals surface area contributed by atoms with Gasteiger partial charge in [0.15, 0.2) is 0 Å². The van der Waals surface area contributed by atoms with E-state index in [1.165, 1.54) is 21.7 Å². The average molecular weight is 382 g/mol. The van der Waals surface area contributed by atoms with Crippen molar-refractivity contribution in [2.45, 2.75) is 32.2 Å². The summed E-state index contributed by atoms with van der Waals surface area (Å²) in [7, 11) is 0.859. The van der Waals surface area contributed by atoms with Crippen LogP contribution in [0.1, 0.15) is 36.9 Å². The third kappa shape index (κ3) is 5.53. The van der Waals surface area contributed by atoms with Gasteiger partial charge in [0, 0.05) is 25.6 Å². The Hall–Kier alpha value is -1.44. The first-order chi connectivity index (χ1) is 12.2. The normalized spacial score (nSPS) is 18.0. The van der Waals surface area contributed by atoms with Gasteiger partial charge in [0.2, 0.25) is 15.9 Å². The molecule has 0 bridgehead atoms. The molecule has 0 aromatic heterocycles. The molecular formula is C19H31N3O3S. The number of benzene rings is 1. The molecule has 1 atom stereocenters. The number of hydrogen-bond donors (Lipinski definition) is 1. The van der Waals surface area contributed by atoms with Crippen LogP contribution in [0, 0.1) is 5.92 Å². The Kier molecular flexibility index (Phi) is 7.20. The second-order valence-electron chi connectivity index (χ2n) is 7.26. The molecule has 6 nitrogen and oxygen atoms in total. The molecule has 0 spiro atoms. The Morgan fingerprint density at radius 2 is 1.81 bits per heavy atom. The first kappa shape index (κ1) is 20.9. The molecule has 1 aliphatic heterocycles. The molecule has 1 fully saturated rings. The highest BCUT2D eigenvalue weighted by molar-refractivity contribution is 7.88. The van der Waals surface area contributed by atoms with Crippen LogP contribution in [0.15, 0.2) is 24.3 Å². The molecule has 1 saturated heterocycles. The molecule has 7 heteroatoms. The highest BCUT2D eigenvalue weighted by Gasteiger charge is 2.29. The number of nitrogens with zero attached hydrogens (tertiary/aromatic N) is 2. The summed E-state index contributed by atoms with van der Waals surface area (Å²) in [6, 6.07) is 8.63. The number of likely N-dealkylation sites (N-methyl/N-ethyl adjacent to an activating group) is 1. The van der Waals surface area contributed by atoms with Gasteiger partial charge in [-0.3, -0.25) is 4.79 Å². The van der Waals surface area contributed by atoms with Crippen molar-refractivity contribution in [2.24, 2.45) is 5.92 Å². The minimum atomic E-state index is -3.16. The van der Waals surface area contributed by atoms with Crippen LogP contribution in [0.3, 0.4) is 0 Å². The number of rotatable bonds is 7. The lowest BCUT2D eigenvalue weighted by molar-refractivity contribution is -0.126. The number of piperidine rings is 1. The second-order valence-corrected chi connectivity index (χ2v) is 9.24. The smallest absolute Gasteiger partial charge is 0.223 e. The number of carbonyl (C=O) groups is 1. The molecule has 1 aliphatic rings. The van der Waals surface area contributed by atoms with Gasteiger partial charge in [-0.25, -0.2) is 12.7 Å². The van der Waals surface area contributed by atoms with Crippen LogP contribution in [0.25, 0.3) is 0 Å². The molecule has 0 radical (unpaired) electrons. The fourth-order valence-corrected chi connectivity index (χ4v) is 4.24. The summed E-state index contributed by atoms with van der Waals surface area (Å²) in [5.74, 6) is -0.0894. The zero-order valence-corrected chi connectivity index (χ0v) is 17.1. The molecule has 1 aromatic rings. The van der Waals surface area contributed by atoms with Gasteiger partial charge in [-0.1, -0.05) is 31.2 Å². The van der Waals surface area contributed by atoms with Crippen LogP contribution >= 0.6 is 0 Å². The lowest BCUT2D eigenvalue weighted by Crippen LogP contribution is -2.44. The monoisotopic (exact) mass is 381 g/mol. The molecule has 0 aliphatic carbocycles. The van der Waals surface area contributed by atoms with Gasteiger partial charge < -0.3 is 10.2 Å². The Balaban J connectivity index is 1.91. The van der Waals surface area contributed by atoms with Crippen molar-refractivity contribution in [1.82, 2.24) is 14.5 Å². The summed E-state index contributed by atoms with van der Waals surface area (Å²) in [5, 5.41) is 3.07. The van der Waals surface area contributed by atoms with Crippen LogP contribution in [-0.2, 0) is 21.2 Å². The number of sulfonamides is 1. The first-order valence-corrected chi connectivity index (χ1v) is 11.0. The van der Waals surface area contributed by atoms with Crippen LogP contribution in [0.5, 0.6) is 0 Å². The Bertz CT molecular complexity index is 693. The van der Waals surface area contributed by atoms with E-state index in [0.29, 0.717) is 32.5 Å². The zero-order valence-electron chi connectivity index (χ0n) is 16.2. The zero-order chi connectivity index (χ0) is 19.3. The third-order valence-corrected chi connectivity index (χ3v) is 6.46. The van der Waals surface area contributed by atoms with E-state index in [4.69, 9.17) is 0 Å². The summed E-state index contributed by atoms with van der Waals surface area (Å²) in [6.45, 7) is 3.52. The maximum absolute atomic E-state index is 12.5. The number of aryl methyl sites for hydroxylation is 1. The van der Waals surface area contributed by atoms with E-state index < -0.39 is 10.0 Å². The van der Waals surface area contributed by atoms with Crippen molar-refractivity contribution in [1.29, 1.82) is 0 Å². The van der Waals surface area contributed by atoms with Crippen molar-refractivity contribution in [2.75, 3.05) is 40.0 Å². The highest BCUT2D eigenvalue weighted by atomic mass is 32.2. The molecule has 0 saturated carbocycles. The molecule has 1 N–H and O–H groups in total. The highest BCUT2D eigenvalue weighted by Crippen LogP contribution is 2.21. The van der Waals surface area contributed by atoms with Gasteiger partial charge in [-0.05, 0) is 44.5 Å².